The second-order valence-corrected chi connectivity index (χ2v) is 11.3. The third-order valence-electron chi connectivity index (χ3n) is 7.12. The van der Waals surface area contributed by atoms with Gasteiger partial charge in [0, 0.05) is 40.4 Å². The number of hydrogen-bond donors (Lipinski definition) is 3. The molecule has 0 heterocycles. The third kappa shape index (κ3) is 17.4. The molecule has 4 N–H and O–H groups in total. The molecular formula is C51H63N3O. The summed E-state index contributed by atoms with van der Waals surface area (Å²) in [5.41, 5.74) is 14.8. The van der Waals surface area contributed by atoms with Crippen molar-refractivity contribution in [2.24, 2.45) is 0 Å². The van der Waals surface area contributed by atoms with Gasteiger partial charge in [0.1, 0.15) is 5.75 Å². The zero-order valence-corrected chi connectivity index (χ0v) is 34.4. The van der Waals surface area contributed by atoms with Crippen molar-refractivity contribution in [2.75, 3.05) is 16.4 Å². The Labute approximate surface area is 333 Å². The number of rotatable bonds is 12. The Hall–Kier alpha value is -6.26. The summed E-state index contributed by atoms with van der Waals surface area (Å²) < 4.78 is 6.27. The highest BCUT2D eigenvalue weighted by Crippen LogP contribution is 2.37. The lowest BCUT2D eigenvalue weighted by atomic mass is 10.0. The van der Waals surface area contributed by atoms with Crippen molar-refractivity contribution < 1.29 is 4.74 Å². The quantitative estimate of drug-likeness (QED) is 0.0883. The normalized spacial score (nSPS) is 10.5. The standard InChI is InChI=1S/C31H29N3O.C13H14.C3H8.2C2H6/c1-3-5-12-23(4-2)28-17-9-10-18-29(28)34-26-19-20-30(33-25-14-7-6-8-15-25)31(22-26)35-27-16-11-13-24(32)21-27;1-3-5-9-12(4-2)13-10-7-6-8-11-13;1-3-2;2*1-2/h3-22,33-34H,2,32H2,1H3;3-11H,2H2,1H3;3H2,1-2H3;2*1-2H3/b5-3-,23-12+;5-3-,12-9+;;;. The molecule has 0 bridgehead atoms. The highest BCUT2D eigenvalue weighted by molar-refractivity contribution is 5.85. The van der Waals surface area contributed by atoms with E-state index in [1.165, 1.54) is 12.0 Å². The number of nitrogen functional groups attached to an aromatic ring is 1. The molecular weight excluding hydrogens is 671 g/mol. The fourth-order valence-corrected chi connectivity index (χ4v) is 4.75. The Morgan fingerprint density at radius 1 is 0.600 bits per heavy atom. The van der Waals surface area contributed by atoms with Crippen molar-refractivity contribution in [1.29, 1.82) is 0 Å². The molecule has 0 aliphatic carbocycles. The van der Waals surface area contributed by atoms with Gasteiger partial charge in [0.25, 0.3) is 0 Å². The SMILES string of the molecule is C=C/C(=C\C=C/C)c1ccccc1.C=C/C(=C\C=C/C)c1ccccc1Nc1ccc(Nc2ccccc2)c(Oc2cccc(N)c2)c1.CC.CC.CCC. The number of para-hydroxylation sites is 2. The third-order valence-corrected chi connectivity index (χ3v) is 7.12. The van der Waals surface area contributed by atoms with Crippen LogP contribution in [-0.2, 0) is 0 Å². The van der Waals surface area contributed by atoms with E-state index < -0.39 is 0 Å². The Bertz CT molecular complexity index is 1920. The number of hydrogen-bond acceptors (Lipinski definition) is 4. The van der Waals surface area contributed by atoms with Crippen LogP contribution in [0.2, 0.25) is 0 Å². The van der Waals surface area contributed by atoms with E-state index in [1.54, 1.807) is 0 Å². The van der Waals surface area contributed by atoms with E-state index in [1.807, 2.05) is 181 Å². The summed E-state index contributed by atoms with van der Waals surface area (Å²) in [5, 5.41) is 6.99. The van der Waals surface area contributed by atoms with Gasteiger partial charge in [-0.3, -0.25) is 0 Å². The Morgan fingerprint density at radius 3 is 1.73 bits per heavy atom. The van der Waals surface area contributed by atoms with Crippen molar-refractivity contribution in [1.82, 2.24) is 0 Å². The fourth-order valence-electron chi connectivity index (χ4n) is 4.75. The molecule has 0 aliphatic heterocycles. The van der Waals surface area contributed by atoms with Crippen molar-refractivity contribution in [2.45, 2.75) is 61.8 Å². The van der Waals surface area contributed by atoms with Crippen LogP contribution in [0.1, 0.15) is 72.9 Å². The van der Waals surface area contributed by atoms with Gasteiger partial charge >= 0.3 is 0 Å². The highest BCUT2D eigenvalue weighted by Gasteiger charge is 2.11. The van der Waals surface area contributed by atoms with Gasteiger partial charge in [-0.2, -0.15) is 0 Å². The first-order valence-corrected chi connectivity index (χ1v) is 19.3. The monoisotopic (exact) mass is 733 g/mol. The first-order valence-electron chi connectivity index (χ1n) is 19.3. The van der Waals surface area contributed by atoms with E-state index in [0.29, 0.717) is 17.2 Å². The first kappa shape index (κ1) is 46.8. The molecule has 5 rings (SSSR count). The summed E-state index contributed by atoms with van der Waals surface area (Å²) in [6.07, 6.45) is 17.1. The zero-order valence-electron chi connectivity index (χ0n) is 34.4. The molecule has 288 valence electrons. The highest BCUT2D eigenvalue weighted by atomic mass is 16.5. The van der Waals surface area contributed by atoms with E-state index >= 15 is 0 Å². The second-order valence-electron chi connectivity index (χ2n) is 11.3. The molecule has 0 spiro atoms. The number of anilines is 5. The van der Waals surface area contributed by atoms with Crippen LogP contribution in [0.15, 0.2) is 189 Å². The molecule has 4 heteroatoms. The number of allylic oxidation sites excluding steroid dienone is 10. The van der Waals surface area contributed by atoms with E-state index in [-0.39, 0.29) is 0 Å². The van der Waals surface area contributed by atoms with Crippen LogP contribution in [-0.4, -0.2) is 0 Å². The molecule has 0 amide bonds. The van der Waals surface area contributed by atoms with Gasteiger partial charge < -0.3 is 21.1 Å². The second kappa shape index (κ2) is 29.2. The van der Waals surface area contributed by atoms with Gasteiger partial charge in [-0.1, -0.05) is 183 Å². The average Bonchev–Trinajstić information content (AvgIpc) is 3.23. The minimum atomic E-state index is 0.646. The summed E-state index contributed by atoms with van der Waals surface area (Å²) in [7, 11) is 0. The molecule has 5 aromatic carbocycles. The lowest BCUT2D eigenvalue weighted by Gasteiger charge is -2.17. The van der Waals surface area contributed by atoms with Crippen LogP contribution in [0.5, 0.6) is 11.5 Å². The van der Waals surface area contributed by atoms with Crippen LogP contribution in [0.3, 0.4) is 0 Å². The maximum absolute atomic E-state index is 6.27. The maximum Gasteiger partial charge on any atom is 0.152 e. The summed E-state index contributed by atoms with van der Waals surface area (Å²) in [4.78, 5) is 0. The van der Waals surface area contributed by atoms with Gasteiger partial charge in [-0.05, 0) is 73.0 Å². The van der Waals surface area contributed by atoms with E-state index in [4.69, 9.17) is 10.5 Å². The summed E-state index contributed by atoms with van der Waals surface area (Å²) in [5.74, 6) is 1.34. The topological polar surface area (TPSA) is 59.3 Å². The molecule has 4 nitrogen and oxygen atoms in total. The van der Waals surface area contributed by atoms with Gasteiger partial charge in [-0.15, -0.1) is 0 Å². The molecule has 0 aliphatic rings. The Balaban J connectivity index is 0.000000629. The summed E-state index contributed by atoms with van der Waals surface area (Å²) in [6, 6.07) is 41.8. The molecule has 55 heavy (non-hydrogen) atoms. The minimum Gasteiger partial charge on any atom is -0.455 e. The summed E-state index contributed by atoms with van der Waals surface area (Å²) in [6.45, 7) is 24.0. The number of nitrogens with one attached hydrogen (secondary N) is 2. The van der Waals surface area contributed by atoms with E-state index in [0.717, 1.165) is 39.5 Å². The predicted molar refractivity (Wildman–Crippen MR) is 248 cm³/mol. The Morgan fingerprint density at radius 2 is 1.15 bits per heavy atom. The van der Waals surface area contributed by atoms with Gasteiger partial charge in [0.2, 0.25) is 0 Å². The van der Waals surface area contributed by atoms with Crippen molar-refractivity contribution in [3.05, 3.63) is 200 Å². The molecule has 0 aromatic heterocycles. The Kier molecular flexibility index (Phi) is 24.8. The fraction of sp³-hybridized carbons (Fsp3) is 0.176. The summed E-state index contributed by atoms with van der Waals surface area (Å²) >= 11 is 0. The number of benzene rings is 5. The largest absolute Gasteiger partial charge is 0.455 e. The number of nitrogens with two attached hydrogens (primary N) is 1. The zero-order chi connectivity index (χ0) is 40.7. The molecule has 0 saturated heterocycles. The van der Waals surface area contributed by atoms with Crippen molar-refractivity contribution in [3.8, 4) is 11.5 Å². The van der Waals surface area contributed by atoms with Crippen molar-refractivity contribution >= 4 is 39.6 Å². The van der Waals surface area contributed by atoms with Crippen LogP contribution in [0.4, 0.5) is 28.4 Å². The lowest BCUT2D eigenvalue weighted by molar-refractivity contribution is 0.485. The van der Waals surface area contributed by atoms with Gasteiger partial charge in [0.15, 0.2) is 5.75 Å². The first-order chi connectivity index (χ1) is 27.0. The number of ether oxygens (including phenoxy) is 1. The predicted octanol–water partition coefficient (Wildman–Crippen LogP) is 16.0. The van der Waals surface area contributed by atoms with Gasteiger partial charge in [0.05, 0.1) is 5.69 Å². The van der Waals surface area contributed by atoms with E-state index in [2.05, 4.69) is 74.1 Å². The molecule has 0 fully saturated rings. The van der Waals surface area contributed by atoms with Crippen LogP contribution >= 0.6 is 0 Å². The average molecular weight is 734 g/mol. The van der Waals surface area contributed by atoms with Crippen LogP contribution in [0.25, 0.3) is 11.1 Å². The maximum atomic E-state index is 6.27. The van der Waals surface area contributed by atoms with Gasteiger partial charge in [-0.25, -0.2) is 0 Å². The van der Waals surface area contributed by atoms with Crippen LogP contribution in [0, 0.1) is 0 Å². The van der Waals surface area contributed by atoms with Crippen LogP contribution < -0.4 is 21.1 Å². The molecule has 5 aromatic rings. The van der Waals surface area contributed by atoms with E-state index in [9.17, 15) is 0 Å². The molecule has 0 radical (unpaired) electrons. The smallest absolute Gasteiger partial charge is 0.152 e. The lowest BCUT2D eigenvalue weighted by Crippen LogP contribution is -1.98. The van der Waals surface area contributed by atoms with Crippen molar-refractivity contribution in [3.63, 3.8) is 0 Å². The molecule has 0 saturated carbocycles. The molecule has 0 atom stereocenters. The minimum absolute atomic E-state index is 0.646. The molecule has 0 unspecified atom stereocenters.